The van der Waals surface area contributed by atoms with Crippen molar-refractivity contribution in [2.24, 2.45) is 0 Å². The fraction of sp³-hybridized carbons (Fsp3) is 0. The average molecular weight is 437 g/mol. The smallest absolute Gasteiger partial charge is 0.255 e. The first-order valence-corrected chi connectivity index (χ1v) is 7.20. The van der Waals surface area contributed by atoms with Crippen LogP contribution in [0.3, 0.4) is 0 Å². The maximum Gasteiger partial charge on any atom is 0.255 e. The van der Waals surface area contributed by atoms with Crippen LogP contribution in [0, 0.1) is 3.57 Å². The maximum atomic E-state index is 12.0. The van der Waals surface area contributed by atoms with Crippen LogP contribution in [0.1, 0.15) is 10.4 Å². The Morgan fingerprint density at radius 3 is 2.83 bits per heavy atom. The van der Waals surface area contributed by atoms with E-state index < -0.39 is 0 Å². The van der Waals surface area contributed by atoms with Crippen molar-refractivity contribution in [2.45, 2.75) is 0 Å². The second kappa shape index (κ2) is 5.99. The predicted molar refractivity (Wildman–Crippen MR) is 84.1 cm³/mol. The molecule has 1 amide bonds. The molecule has 0 aliphatic heterocycles. The van der Waals surface area contributed by atoms with Gasteiger partial charge in [0.2, 0.25) is 0 Å². The van der Waals surface area contributed by atoms with E-state index in [-0.39, 0.29) is 5.91 Å². The molecule has 0 unspecified atom stereocenters. The highest BCUT2D eigenvalue weighted by atomic mass is 127. The van der Waals surface area contributed by atoms with Gasteiger partial charge >= 0.3 is 0 Å². The molecule has 3 nitrogen and oxygen atoms in total. The quantitative estimate of drug-likeness (QED) is 0.561. The molecule has 2 aromatic rings. The molecule has 2 rings (SSSR count). The van der Waals surface area contributed by atoms with Crippen molar-refractivity contribution in [1.82, 2.24) is 4.98 Å². The van der Waals surface area contributed by atoms with Crippen LogP contribution in [-0.4, -0.2) is 10.9 Å². The van der Waals surface area contributed by atoms with Crippen LogP contribution in [0.15, 0.2) is 41.1 Å². The van der Waals surface area contributed by atoms with Gasteiger partial charge in [-0.15, -0.1) is 0 Å². The molecule has 1 N–H and O–H groups in total. The Hall–Kier alpha value is -0.660. The van der Waals surface area contributed by atoms with E-state index in [4.69, 9.17) is 11.6 Å². The lowest BCUT2D eigenvalue weighted by Crippen LogP contribution is -2.12. The maximum absolute atomic E-state index is 12.0. The zero-order valence-corrected chi connectivity index (χ0v) is 13.5. The largest absolute Gasteiger partial charge is 0.320 e. The lowest BCUT2D eigenvalue weighted by atomic mass is 10.2. The van der Waals surface area contributed by atoms with Crippen LogP contribution in [0.2, 0.25) is 5.02 Å². The topological polar surface area (TPSA) is 42.0 Å². The van der Waals surface area contributed by atoms with Crippen molar-refractivity contribution in [3.05, 3.63) is 55.3 Å². The van der Waals surface area contributed by atoms with Crippen LogP contribution >= 0.6 is 50.1 Å². The van der Waals surface area contributed by atoms with Crippen molar-refractivity contribution in [1.29, 1.82) is 0 Å². The molecule has 0 atom stereocenters. The third kappa shape index (κ3) is 3.21. The standard InChI is InChI=1S/C12H7BrClIN2O/c13-11-10(2-1-5-16-11)17-12(18)7-3-4-9(15)8(14)6-7/h1-6H,(H,17,18). The molecule has 0 spiro atoms. The number of anilines is 1. The molecular formula is C12H7BrClIN2O. The Morgan fingerprint density at radius 2 is 2.17 bits per heavy atom. The van der Waals surface area contributed by atoms with E-state index in [1.54, 1.807) is 36.5 Å². The van der Waals surface area contributed by atoms with Gasteiger partial charge in [0, 0.05) is 15.3 Å². The Labute approximate surface area is 131 Å². The van der Waals surface area contributed by atoms with Crippen LogP contribution in [0.25, 0.3) is 0 Å². The molecule has 0 aliphatic rings. The number of amides is 1. The fourth-order valence-electron chi connectivity index (χ4n) is 1.31. The summed E-state index contributed by atoms with van der Waals surface area (Å²) in [5.41, 5.74) is 1.13. The average Bonchev–Trinajstić information content (AvgIpc) is 2.35. The summed E-state index contributed by atoms with van der Waals surface area (Å²) in [4.78, 5) is 16.0. The molecule has 1 aromatic carbocycles. The number of nitrogens with zero attached hydrogens (tertiary/aromatic N) is 1. The van der Waals surface area contributed by atoms with Crippen LogP contribution < -0.4 is 5.32 Å². The molecule has 0 radical (unpaired) electrons. The molecule has 0 saturated carbocycles. The van der Waals surface area contributed by atoms with Gasteiger partial charge < -0.3 is 5.32 Å². The fourth-order valence-corrected chi connectivity index (χ4v) is 2.18. The summed E-state index contributed by atoms with van der Waals surface area (Å²) >= 11 is 11.4. The first-order chi connectivity index (χ1) is 8.58. The number of hydrogen-bond acceptors (Lipinski definition) is 2. The summed E-state index contributed by atoms with van der Waals surface area (Å²) in [5.74, 6) is -0.220. The number of rotatable bonds is 2. The predicted octanol–water partition coefficient (Wildman–Crippen LogP) is 4.35. The van der Waals surface area contributed by atoms with E-state index in [1.807, 2.05) is 0 Å². The van der Waals surface area contributed by atoms with Gasteiger partial charge in [0.05, 0.1) is 10.7 Å². The first-order valence-electron chi connectivity index (χ1n) is 4.95. The first kappa shape index (κ1) is 13.8. The zero-order valence-electron chi connectivity index (χ0n) is 8.95. The number of aromatic nitrogens is 1. The number of nitrogens with one attached hydrogen (secondary N) is 1. The second-order valence-corrected chi connectivity index (χ2v) is 5.75. The highest BCUT2D eigenvalue weighted by Gasteiger charge is 2.10. The summed E-state index contributed by atoms with van der Waals surface area (Å²) in [5, 5.41) is 3.33. The van der Waals surface area contributed by atoms with Crippen molar-refractivity contribution in [3.8, 4) is 0 Å². The molecule has 0 saturated heterocycles. The van der Waals surface area contributed by atoms with Gasteiger partial charge in [-0.05, 0) is 68.9 Å². The van der Waals surface area contributed by atoms with Gasteiger partial charge in [-0.2, -0.15) is 0 Å². The number of hydrogen-bond donors (Lipinski definition) is 1. The lowest BCUT2D eigenvalue weighted by Gasteiger charge is -2.07. The number of halogens is 3. The number of pyridine rings is 1. The Morgan fingerprint density at radius 1 is 1.39 bits per heavy atom. The number of carbonyl (C=O) groups excluding carboxylic acids is 1. The van der Waals surface area contributed by atoms with E-state index >= 15 is 0 Å². The summed E-state index contributed by atoms with van der Waals surface area (Å²) in [6.07, 6.45) is 1.64. The zero-order chi connectivity index (χ0) is 13.1. The minimum absolute atomic E-state index is 0.220. The number of carbonyl (C=O) groups is 1. The van der Waals surface area contributed by atoms with E-state index in [9.17, 15) is 4.79 Å². The summed E-state index contributed by atoms with van der Waals surface area (Å²) in [6, 6.07) is 8.69. The van der Waals surface area contributed by atoms with Crippen LogP contribution in [-0.2, 0) is 0 Å². The van der Waals surface area contributed by atoms with Crippen molar-refractivity contribution < 1.29 is 4.79 Å². The molecule has 0 aliphatic carbocycles. The minimum atomic E-state index is -0.220. The summed E-state index contributed by atoms with van der Waals surface area (Å²) < 4.78 is 1.50. The van der Waals surface area contributed by atoms with Gasteiger partial charge in [-0.3, -0.25) is 4.79 Å². The van der Waals surface area contributed by atoms with Gasteiger partial charge in [-0.25, -0.2) is 4.98 Å². The molecule has 6 heteroatoms. The van der Waals surface area contributed by atoms with Gasteiger partial charge in [0.15, 0.2) is 0 Å². The van der Waals surface area contributed by atoms with E-state index in [2.05, 4.69) is 48.8 Å². The molecule has 1 aromatic heterocycles. The molecule has 18 heavy (non-hydrogen) atoms. The summed E-state index contributed by atoms with van der Waals surface area (Å²) in [6.45, 7) is 0. The Balaban J connectivity index is 2.22. The molecule has 92 valence electrons. The monoisotopic (exact) mass is 436 g/mol. The van der Waals surface area contributed by atoms with Crippen molar-refractivity contribution in [2.75, 3.05) is 5.32 Å². The second-order valence-electron chi connectivity index (χ2n) is 3.42. The van der Waals surface area contributed by atoms with E-state index in [0.717, 1.165) is 3.57 Å². The van der Waals surface area contributed by atoms with Crippen LogP contribution in [0.4, 0.5) is 5.69 Å². The molecule has 0 fully saturated rings. The molecule has 0 bridgehead atoms. The van der Waals surface area contributed by atoms with Gasteiger partial charge in [0.25, 0.3) is 5.91 Å². The SMILES string of the molecule is O=C(Nc1cccnc1Br)c1ccc(I)c(Cl)c1. The summed E-state index contributed by atoms with van der Waals surface area (Å²) in [7, 11) is 0. The van der Waals surface area contributed by atoms with Gasteiger partial charge in [0.1, 0.15) is 4.60 Å². The van der Waals surface area contributed by atoms with E-state index in [0.29, 0.717) is 20.9 Å². The third-order valence-corrected chi connectivity index (χ3v) is 4.39. The van der Waals surface area contributed by atoms with Gasteiger partial charge in [-0.1, -0.05) is 11.6 Å². The van der Waals surface area contributed by atoms with Crippen molar-refractivity contribution >= 4 is 61.7 Å². The third-order valence-electron chi connectivity index (χ3n) is 2.19. The lowest BCUT2D eigenvalue weighted by molar-refractivity contribution is 0.102. The van der Waals surface area contributed by atoms with Crippen LogP contribution in [0.5, 0.6) is 0 Å². The number of benzene rings is 1. The minimum Gasteiger partial charge on any atom is -0.320 e. The molecular weight excluding hydrogens is 430 g/mol. The highest BCUT2D eigenvalue weighted by molar-refractivity contribution is 14.1. The highest BCUT2D eigenvalue weighted by Crippen LogP contribution is 2.22. The van der Waals surface area contributed by atoms with Crippen molar-refractivity contribution in [3.63, 3.8) is 0 Å². The molecule has 1 heterocycles. The normalized spacial score (nSPS) is 10.2. The Kier molecular flexibility index (Phi) is 4.58. The Bertz CT molecular complexity index is 606. The van der Waals surface area contributed by atoms with E-state index in [1.165, 1.54) is 0 Å².